The number of rotatable bonds is 4. The molecule has 1 aromatic carbocycles. The quantitative estimate of drug-likeness (QED) is 0.942. The normalized spacial score (nSPS) is 10.3. The number of nitrogens with one attached hydrogen (secondary N) is 1. The molecule has 1 N–H and O–H groups in total. The molecule has 2 rings (SSSR count). The predicted molar refractivity (Wildman–Crippen MR) is 78.1 cm³/mol. The lowest BCUT2D eigenvalue weighted by molar-refractivity contribution is 0.696. The molecule has 0 aliphatic rings. The van der Waals surface area contributed by atoms with Gasteiger partial charge in [-0.3, -0.25) is 4.79 Å². The molecule has 0 aliphatic carbocycles. The number of aryl methyl sites for hydroxylation is 1. The molecule has 0 amide bonds. The summed E-state index contributed by atoms with van der Waals surface area (Å²) in [7, 11) is 0. The van der Waals surface area contributed by atoms with Crippen molar-refractivity contribution in [3.63, 3.8) is 0 Å². The first kappa shape index (κ1) is 12.9. The second-order valence-electron chi connectivity index (χ2n) is 4.17. The maximum atomic E-state index is 11.7. The van der Waals surface area contributed by atoms with E-state index in [1.807, 2.05) is 43.5 Å². The Morgan fingerprint density at radius 3 is 2.61 bits per heavy atom. The molecule has 4 heteroatoms. The van der Waals surface area contributed by atoms with Gasteiger partial charge in [0.2, 0.25) is 0 Å². The number of hydrogen-bond acceptors (Lipinski definition) is 2. The maximum Gasteiger partial charge on any atom is 0.250 e. The van der Waals surface area contributed by atoms with Crippen LogP contribution in [0.4, 0.5) is 5.69 Å². The predicted octanol–water partition coefficient (Wildman–Crippen LogP) is 3.03. The molecular formula is C14H15BrN2O. The van der Waals surface area contributed by atoms with E-state index in [0.29, 0.717) is 6.54 Å². The first-order valence-corrected chi connectivity index (χ1v) is 6.61. The van der Waals surface area contributed by atoms with Crippen molar-refractivity contribution in [1.82, 2.24) is 4.57 Å². The highest BCUT2D eigenvalue weighted by Gasteiger charge is 1.96. The Balaban J connectivity index is 1.92. The fourth-order valence-corrected chi connectivity index (χ4v) is 1.94. The molecular weight excluding hydrogens is 292 g/mol. The van der Waals surface area contributed by atoms with Crippen LogP contribution in [0.15, 0.2) is 51.9 Å². The Labute approximate surface area is 115 Å². The average Bonchev–Trinajstić information content (AvgIpc) is 2.34. The van der Waals surface area contributed by atoms with E-state index in [4.69, 9.17) is 0 Å². The first-order valence-electron chi connectivity index (χ1n) is 5.82. The van der Waals surface area contributed by atoms with Gasteiger partial charge in [-0.15, -0.1) is 0 Å². The lowest BCUT2D eigenvalue weighted by atomic mass is 10.3. The van der Waals surface area contributed by atoms with Gasteiger partial charge in [-0.2, -0.15) is 0 Å². The van der Waals surface area contributed by atoms with E-state index in [-0.39, 0.29) is 5.56 Å². The van der Waals surface area contributed by atoms with Crippen LogP contribution >= 0.6 is 15.9 Å². The fourth-order valence-electron chi connectivity index (χ4n) is 1.68. The van der Waals surface area contributed by atoms with Gasteiger partial charge in [-0.25, -0.2) is 0 Å². The van der Waals surface area contributed by atoms with Gasteiger partial charge >= 0.3 is 0 Å². The molecule has 0 bridgehead atoms. The van der Waals surface area contributed by atoms with E-state index in [1.165, 1.54) is 0 Å². The Bertz CT molecular complexity index is 575. The number of pyridine rings is 1. The monoisotopic (exact) mass is 306 g/mol. The zero-order valence-corrected chi connectivity index (χ0v) is 11.8. The lowest BCUT2D eigenvalue weighted by Gasteiger charge is -2.08. The molecule has 0 radical (unpaired) electrons. The summed E-state index contributed by atoms with van der Waals surface area (Å²) < 4.78 is 2.77. The highest BCUT2D eigenvalue weighted by atomic mass is 79.9. The van der Waals surface area contributed by atoms with Crippen molar-refractivity contribution >= 4 is 21.6 Å². The number of hydrogen-bond donors (Lipinski definition) is 1. The Morgan fingerprint density at radius 1 is 1.22 bits per heavy atom. The molecule has 2 aromatic rings. The van der Waals surface area contributed by atoms with Crippen LogP contribution in [0.5, 0.6) is 0 Å². The van der Waals surface area contributed by atoms with Crippen LogP contribution in [-0.2, 0) is 6.54 Å². The minimum Gasteiger partial charge on any atom is -0.383 e. The third-order valence-electron chi connectivity index (χ3n) is 2.68. The van der Waals surface area contributed by atoms with Crippen molar-refractivity contribution in [3.05, 3.63) is 63.0 Å². The molecule has 3 nitrogen and oxygen atoms in total. The van der Waals surface area contributed by atoms with Crippen molar-refractivity contribution < 1.29 is 0 Å². The molecule has 0 saturated heterocycles. The van der Waals surface area contributed by atoms with E-state index < -0.39 is 0 Å². The third-order valence-corrected chi connectivity index (χ3v) is 3.21. The van der Waals surface area contributed by atoms with Crippen LogP contribution in [0, 0.1) is 6.92 Å². The van der Waals surface area contributed by atoms with Crippen LogP contribution in [0.1, 0.15) is 5.56 Å². The van der Waals surface area contributed by atoms with Gasteiger partial charge in [-0.05, 0) is 42.8 Å². The zero-order chi connectivity index (χ0) is 13.0. The SMILES string of the molecule is Cc1ccn(CCNc2ccc(Br)cc2)c(=O)c1. The standard InChI is InChI=1S/C14H15BrN2O/c1-11-6-8-17(14(18)10-11)9-7-16-13-4-2-12(15)3-5-13/h2-6,8,10,16H,7,9H2,1H3. The highest BCUT2D eigenvalue weighted by Crippen LogP contribution is 2.13. The molecule has 1 heterocycles. The number of aromatic nitrogens is 1. The number of halogens is 1. The summed E-state index contributed by atoms with van der Waals surface area (Å²) in [6.07, 6.45) is 1.83. The fraction of sp³-hybridized carbons (Fsp3) is 0.214. The minimum atomic E-state index is 0.0487. The van der Waals surface area contributed by atoms with Crippen LogP contribution in [-0.4, -0.2) is 11.1 Å². The van der Waals surface area contributed by atoms with Crippen LogP contribution in [0.2, 0.25) is 0 Å². The molecule has 0 unspecified atom stereocenters. The van der Waals surface area contributed by atoms with Crippen LogP contribution < -0.4 is 10.9 Å². The first-order chi connectivity index (χ1) is 8.65. The summed E-state index contributed by atoms with van der Waals surface area (Å²) in [5.74, 6) is 0. The lowest BCUT2D eigenvalue weighted by Crippen LogP contribution is -2.22. The Morgan fingerprint density at radius 2 is 1.94 bits per heavy atom. The van der Waals surface area contributed by atoms with Gasteiger partial charge in [0.15, 0.2) is 0 Å². The summed E-state index contributed by atoms with van der Waals surface area (Å²) in [6.45, 7) is 3.31. The third kappa shape index (κ3) is 3.47. The second-order valence-corrected chi connectivity index (χ2v) is 5.09. The van der Waals surface area contributed by atoms with E-state index >= 15 is 0 Å². The summed E-state index contributed by atoms with van der Waals surface area (Å²) in [6, 6.07) is 11.6. The maximum absolute atomic E-state index is 11.7. The summed E-state index contributed by atoms with van der Waals surface area (Å²) in [5.41, 5.74) is 2.10. The minimum absolute atomic E-state index is 0.0487. The van der Waals surface area contributed by atoms with Gasteiger partial charge in [0.1, 0.15) is 0 Å². The zero-order valence-electron chi connectivity index (χ0n) is 10.2. The molecule has 0 atom stereocenters. The van der Waals surface area contributed by atoms with Crippen molar-refractivity contribution in [2.75, 3.05) is 11.9 Å². The molecule has 0 aliphatic heterocycles. The van der Waals surface area contributed by atoms with E-state index in [0.717, 1.165) is 22.3 Å². The molecule has 1 aromatic heterocycles. The summed E-state index contributed by atoms with van der Waals surface area (Å²) in [5, 5.41) is 3.28. The number of nitrogens with zero attached hydrogens (tertiary/aromatic N) is 1. The summed E-state index contributed by atoms with van der Waals surface area (Å²) >= 11 is 3.39. The van der Waals surface area contributed by atoms with Gasteiger partial charge in [0.05, 0.1) is 0 Å². The van der Waals surface area contributed by atoms with Crippen molar-refractivity contribution in [1.29, 1.82) is 0 Å². The molecule has 0 spiro atoms. The molecule has 0 fully saturated rings. The van der Waals surface area contributed by atoms with E-state index in [1.54, 1.807) is 10.6 Å². The second kappa shape index (κ2) is 5.87. The van der Waals surface area contributed by atoms with Crippen molar-refractivity contribution in [2.24, 2.45) is 0 Å². The molecule has 18 heavy (non-hydrogen) atoms. The van der Waals surface area contributed by atoms with E-state index in [2.05, 4.69) is 21.2 Å². The summed E-state index contributed by atoms with van der Waals surface area (Å²) in [4.78, 5) is 11.7. The van der Waals surface area contributed by atoms with Gasteiger partial charge in [0.25, 0.3) is 5.56 Å². The smallest absolute Gasteiger partial charge is 0.250 e. The van der Waals surface area contributed by atoms with Gasteiger partial charge in [-0.1, -0.05) is 15.9 Å². The molecule has 0 saturated carbocycles. The van der Waals surface area contributed by atoms with Gasteiger partial charge in [0, 0.05) is 35.5 Å². The number of anilines is 1. The van der Waals surface area contributed by atoms with Crippen molar-refractivity contribution in [3.8, 4) is 0 Å². The Kier molecular flexibility index (Phi) is 4.20. The largest absolute Gasteiger partial charge is 0.383 e. The highest BCUT2D eigenvalue weighted by molar-refractivity contribution is 9.10. The average molecular weight is 307 g/mol. The van der Waals surface area contributed by atoms with Crippen molar-refractivity contribution in [2.45, 2.75) is 13.5 Å². The Hall–Kier alpha value is -1.55. The molecule has 94 valence electrons. The van der Waals surface area contributed by atoms with E-state index in [9.17, 15) is 4.79 Å². The number of benzene rings is 1. The van der Waals surface area contributed by atoms with Gasteiger partial charge < -0.3 is 9.88 Å². The van der Waals surface area contributed by atoms with Crippen LogP contribution in [0.25, 0.3) is 0 Å². The topological polar surface area (TPSA) is 34.0 Å². The van der Waals surface area contributed by atoms with Crippen LogP contribution in [0.3, 0.4) is 0 Å².